The van der Waals surface area contributed by atoms with Gasteiger partial charge in [0.25, 0.3) is 0 Å². The van der Waals surface area contributed by atoms with Gasteiger partial charge < -0.3 is 5.32 Å². The molecule has 12 heavy (non-hydrogen) atoms. The maximum atomic E-state index is 8.48. The van der Waals surface area contributed by atoms with E-state index in [0.29, 0.717) is 12.1 Å². The Morgan fingerprint density at radius 1 is 1.67 bits per heavy atom. The molecule has 1 N–H and O–H groups in total. The molecule has 1 rings (SSSR count). The van der Waals surface area contributed by atoms with E-state index in [2.05, 4.69) is 16.9 Å². The molecule has 0 saturated heterocycles. The summed E-state index contributed by atoms with van der Waals surface area (Å²) in [4.78, 5) is 4.01. The van der Waals surface area contributed by atoms with Gasteiger partial charge in [-0.3, -0.25) is 0 Å². The molecule has 60 valence electrons. The van der Waals surface area contributed by atoms with E-state index >= 15 is 0 Å². The molecule has 0 atom stereocenters. The molecule has 3 heteroatoms. The molecule has 3 nitrogen and oxygen atoms in total. The van der Waals surface area contributed by atoms with E-state index in [1.54, 1.807) is 18.2 Å². The molecule has 0 aromatic carbocycles. The summed E-state index contributed by atoms with van der Waals surface area (Å²) >= 11 is 0. The second kappa shape index (κ2) is 4.14. The summed E-state index contributed by atoms with van der Waals surface area (Å²) in [7, 11) is 0. The van der Waals surface area contributed by atoms with Crippen LogP contribution in [0.5, 0.6) is 0 Å². The largest absolute Gasteiger partial charge is 0.367 e. The highest BCUT2D eigenvalue weighted by molar-refractivity contribution is 5.39. The lowest BCUT2D eigenvalue weighted by atomic mass is 10.3. The first-order valence-corrected chi connectivity index (χ1v) is 3.57. The normalized spacial score (nSPS) is 8.58. The number of rotatable bonds is 3. The first kappa shape index (κ1) is 8.28. The highest BCUT2D eigenvalue weighted by Gasteiger charge is 1.91. The lowest BCUT2D eigenvalue weighted by Gasteiger charge is -2.00. The van der Waals surface area contributed by atoms with Gasteiger partial charge in [0.1, 0.15) is 11.9 Å². The van der Waals surface area contributed by atoms with Crippen LogP contribution in [0.4, 0.5) is 5.82 Å². The van der Waals surface area contributed by atoms with Crippen molar-refractivity contribution in [3.05, 3.63) is 36.5 Å². The monoisotopic (exact) mass is 159 g/mol. The summed E-state index contributed by atoms with van der Waals surface area (Å²) in [6.07, 6.45) is 3.28. The molecular formula is C9H9N3. The Morgan fingerprint density at radius 3 is 3.00 bits per heavy atom. The molecule has 0 unspecified atom stereocenters. The lowest BCUT2D eigenvalue weighted by molar-refractivity contribution is 1.22. The van der Waals surface area contributed by atoms with Crippen molar-refractivity contribution in [3.8, 4) is 6.07 Å². The quantitative estimate of drug-likeness (QED) is 0.681. The van der Waals surface area contributed by atoms with E-state index < -0.39 is 0 Å². The van der Waals surface area contributed by atoms with Crippen LogP contribution in [0.15, 0.2) is 31.0 Å². The van der Waals surface area contributed by atoms with Crippen molar-refractivity contribution in [1.29, 1.82) is 5.26 Å². The Bertz CT molecular complexity index is 295. The standard InChI is InChI=1S/C9H9N3/c1-2-5-11-9-4-3-8(6-10)7-12-9/h2-4,7H,1,5H2,(H,11,12). The van der Waals surface area contributed by atoms with Gasteiger partial charge in [-0.2, -0.15) is 5.26 Å². The molecule has 1 aromatic heterocycles. The molecule has 1 heterocycles. The molecule has 0 radical (unpaired) electrons. The van der Waals surface area contributed by atoms with Gasteiger partial charge in [0.05, 0.1) is 5.56 Å². The zero-order valence-electron chi connectivity index (χ0n) is 6.62. The van der Waals surface area contributed by atoms with Gasteiger partial charge in [-0.05, 0) is 12.1 Å². The first-order chi connectivity index (χ1) is 5.86. The summed E-state index contributed by atoms with van der Waals surface area (Å²) < 4.78 is 0. The van der Waals surface area contributed by atoms with Gasteiger partial charge in [-0.1, -0.05) is 6.08 Å². The number of pyridine rings is 1. The second-order valence-electron chi connectivity index (χ2n) is 2.21. The van der Waals surface area contributed by atoms with Crippen molar-refractivity contribution in [3.63, 3.8) is 0 Å². The van der Waals surface area contributed by atoms with Crippen LogP contribution in [0.2, 0.25) is 0 Å². The van der Waals surface area contributed by atoms with Crippen LogP contribution < -0.4 is 5.32 Å². The maximum absolute atomic E-state index is 8.48. The fourth-order valence-electron chi connectivity index (χ4n) is 0.741. The number of aromatic nitrogens is 1. The minimum Gasteiger partial charge on any atom is -0.367 e. The smallest absolute Gasteiger partial charge is 0.126 e. The number of nitriles is 1. The molecule has 0 spiro atoms. The topological polar surface area (TPSA) is 48.7 Å². The Hall–Kier alpha value is -1.82. The predicted molar refractivity (Wildman–Crippen MR) is 47.6 cm³/mol. The summed E-state index contributed by atoms with van der Waals surface area (Å²) in [5, 5.41) is 11.5. The average Bonchev–Trinajstić information content (AvgIpc) is 2.15. The zero-order valence-corrected chi connectivity index (χ0v) is 6.62. The summed E-state index contributed by atoms with van der Waals surface area (Å²) in [6.45, 7) is 4.25. The van der Waals surface area contributed by atoms with E-state index in [9.17, 15) is 0 Å². The van der Waals surface area contributed by atoms with Gasteiger partial charge >= 0.3 is 0 Å². The van der Waals surface area contributed by atoms with E-state index in [-0.39, 0.29) is 0 Å². The molecule has 0 saturated carbocycles. The SMILES string of the molecule is C=CCNc1ccc(C#N)cn1. The number of anilines is 1. The van der Waals surface area contributed by atoms with Gasteiger partial charge in [0.15, 0.2) is 0 Å². The van der Waals surface area contributed by atoms with Crippen LogP contribution in [0, 0.1) is 11.3 Å². The van der Waals surface area contributed by atoms with Crippen LogP contribution in [-0.2, 0) is 0 Å². The summed E-state index contributed by atoms with van der Waals surface area (Å²) in [5.41, 5.74) is 0.569. The number of hydrogen-bond acceptors (Lipinski definition) is 3. The molecule has 0 amide bonds. The van der Waals surface area contributed by atoms with Crippen LogP contribution in [-0.4, -0.2) is 11.5 Å². The number of nitrogens with zero attached hydrogens (tertiary/aromatic N) is 2. The van der Waals surface area contributed by atoms with E-state index in [4.69, 9.17) is 5.26 Å². The highest BCUT2D eigenvalue weighted by Crippen LogP contribution is 2.02. The van der Waals surface area contributed by atoms with Crippen molar-refractivity contribution in [2.24, 2.45) is 0 Å². The summed E-state index contributed by atoms with van der Waals surface area (Å²) in [6, 6.07) is 5.49. The van der Waals surface area contributed by atoms with Crippen molar-refractivity contribution in [2.75, 3.05) is 11.9 Å². The van der Waals surface area contributed by atoms with Crippen LogP contribution in [0.25, 0.3) is 0 Å². The van der Waals surface area contributed by atoms with Crippen LogP contribution in [0.3, 0.4) is 0 Å². The van der Waals surface area contributed by atoms with Gasteiger partial charge in [0, 0.05) is 12.7 Å². The van der Waals surface area contributed by atoms with Crippen LogP contribution >= 0.6 is 0 Å². The average molecular weight is 159 g/mol. The predicted octanol–water partition coefficient (Wildman–Crippen LogP) is 1.55. The van der Waals surface area contributed by atoms with E-state index in [1.165, 1.54) is 6.20 Å². The van der Waals surface area contributed by atoms with Gasteiger partial charge in [-0.15, -0.1) is 6.58 Å². The molecular weight excluding hydrogens is 150 g/mol. The zero-order chi connectivity index (χ0) is 8.81. The lowest BCUT2D eigenvalue weighted by Crippen LogP contribution is -1.99. The van der Waals surface area contributed by atoms with Gasteiger partial charge in [0.2, 0.25) is 0 Å². The number of hydrogen-bond donors (Lipinski definition) is 1. The minimum atomic E-state index is 0.569. The third-order valence-electron chi connectivity index (χ3n) is 1.32. The molecule has 0 aliphatic heterocycles. The van der Waals surface area contributed by atoms with Crippen molar-refractivity contribution in [1.82, 2.24) is 4.98 Å². The third kappa shape index (κ3) is 2.10. The molecule has 1 aromatic rings. The Morgan fingerprint density at radius 2 is 2.50 bits per heavy atom. The highest BCUT2D eigenvalue weighted by atomic mass is 15.0. The summed E-state index contributed by atoms with van der Waals surface area (Å²) in [5.74, 6) is 0.758. The second-order valence-corrected chi connectivity index (χ2v) is 2.21. The minimum absolute atomic E-state index is 0.569. The van der Waals surface area contributed by atoms with Gasteiger partial charge in [-0.25, -0.2) is 4.98 Å². The Balaban J connectivity index is 2.66. The van der Waals surface area contributed by atoms with E-state index in [1.807, 2.05) is 6.07 Å². The van der Waals surface area contributed by atoms with Crippen LogP contribution in [0.1, 0.15) is 5.56 Å². The van der Waals surface area contributed by atoms with Crippen molar-refractivity contribution in [2.45, 2.75) is 0 Å². The Kier molecular flexibility index (Phi) is 2.86. The van der Waals surface area contributed by atoms with Crippen molar-refractivity contribution >= 4 is 5.82 Å². The fraction of sp³-hybridized carbons (Fsp3) is 0.111. The van der Waals surface area contributed by atoms with E-state index in [0.717, 1.165) is 5.82 Å². The molecule has 0 bridgehead atoms. The first-order valence-electron chi connectivity index (χ1n) is 3.57. The maximum Gasteiger partial charge on any atom is 0.126 e. The molecule has 0 aliphatic rings. The fourth-order valence-corrected chi connectivity index (χ4v) is 0.741. The third-order valence-corrected chi connectivity index (χ3v) is 1.32. The number of nitrogens with one attached hydrogen (secondary N) is 1. The molecule has 0 fully saturated rings. The van der Waals surface area contributed by atoms with Crippen molar-refractivity contribution < 1.29 is 0 Å². The molecule has 0 aliphatic carbocycles. The Labute approximate surface area is 71.4 Å².